The van der Waals surface area contributed by atoms with E-state index in [4.69, 9.17) is 11.5 Å². The number of aromatic nitrogens is 2. The zero-order chi connectivity index (χ0) is 13.9. The maximum absolute atomic E-state index is 6.10. The molecule has 2 aromatic rings. The van der Waals surface area contributed by atoms with Crippen LogP contribution >= 0.6 is 0 Å². The average molecular weight is 268 g/mol. The van der Waals surface area contributed by atoms with Gasteiger partial charge in [0.2, 0.25) is 5.95 Å². The molecule has 0 saturated heterocycles. The quantitative estimate of drug-likeness (QED) is 0.897. The SMILES string of the molecule is Nc1ncc(C(c2ccccc2)C2CCCC2)c(N)n1. The van der Waals surface area contributed by atoms with Gasteiger partial charge in [0.15, 0.2) is 0 Å². The fourth-order valence-corrected chi connectivity index (χ4v) is 3.32. The highest BCUT2D eigenvalue weighted by Crippen LogP contribution is 2.42. The zero-order valence-electron chi connectivity index (χ0n) is 11.5. The summed E-state index contributed by atoms with van der Waals surface area (Å²) >= 11 is 0. The topological polar surface area (TPSA) is 77.8 Å². The molecule has 1 aromatic heterocycles. The number of hydrogen-bond acceptors (Lipinski definition) is 4. The van der Waals surface area contributed by atoms with E-state index in [1.54, 1.807) is 6.20 Å². The van der Waals surface area contributed by atoms with E-state index >= 15 is 0 Å². The van der Waals surface area contributed by atoms with Gasteiger partial charge < -0.3 is 11.5 Å². The summed E-state index contributed by atoms with van der Waals surface area (Å²) in [6, 6.07) is 10.5. The van der Waals surface area contributed by atoms with Gasteiger partial charge >= 0.3 is 0 Å². The van der Waals surface area contributed by atoms with Gasteiger partial charge in [0.05, 0.1) is 0 Å². The number of nitrogens with zero attached hydrogens (tertiary/aromatic N) is 2. The van der Waals surface area contributed by atoms with E-state index in [2.05, 4.69) is 34.2 Å². The lowest BCUT2D eigenvalue weighted by atomic mass is 9.80. The predicted octanol–water partition coefficient (Wildman–Crippen LogP) is 2.96. The molecule has 0 amide bonds. The lowest BCUT2D eigenvalue weighted by Gasteiger charge is -2.25. The molecule has 0 aliphatic heterocycles. The van der Waals surface area contributed by atoms with Gasteiger partial charge in [0.25, 0.3) is 0 Å². The highest BCUT2D eigenvalue weighted by molar-refractivity contribution is 5.48. The molecule has 1 fully saturated rings. The van der Waals surface area contributed by atoms with Crippen molar-refractivity contribution in [3.63, 3.8) is 0 Å². The molecule has 0 radical (unpaired) electrons. The third-order valence-electron chi connectivity index (χ3n) is 4.23. The van der Waals surface area contributed by atoms with Gasteiger partial charge in [-0.3, -0.25) is 0 Å². The Labute approximate surface area is 119 Å². The first-order valence-electron chi connectivity index (χ1n) is 7.18. The second-order valence-electron chi connectivity index (χ2n) is 5.50. The van der Waals surface area contributed by atoms with Gasteiger partial charge in [-0.05, 0) is 24.3 Å². The van der Waals surface area contributed by atoms with Crippen LogP contribution < -0.4 is 11.5 Å². The molecule has 20 heavy (non-hydrogen) atoms. The van der Waals surface area contributed by atoms with Crippen molar-refractivity contribution in [3.05, 3.63) is 47.7 Å². The van der Waals surface area contributed by atoms with Crippen molar-refractivity contribution in [1.82, 2.24) is 9.97 Å². The Balaban J connectivity index is 2.05. The summed E-state index contributed by atoms with van der Waals surface area (Å²) in [6.45, 7) is 0. The lowest BCUT2D eigenvalue weighted by Crippen LogP contribution is -2.15. The lowest BCUT2D eigenvalue weighted by molar-refractivity contribution is 0.483. The second-order valence-corrected chi connectivity index (χ2v) is 5.50. The molecular weight excluding hydrogens is 248 g/mol. The standard InChI is InChI=1S/C16H20N4/c17-15-13(10-19-16(18)20-15)14(12-8-4-5-9-12)11-6-2-1-3-7-11/h1-3,6-7,10,12,14H,4-5,8-9H2,(H4,17,18,19,20). The van der Waals surface area contributed by atoms with Gasteiger partial charge in [-0.1, -0.05) is 43.2 Å². The summed E-state index contributed by atoms with van der Waals surface area (Å²) < 4.78 is 0. The van der Waals surface area contributed by atoms with Crippen molar-refractivity contribution in [3.8, 4) is 0 Å². The predicted molar refractivity (Wildman–Crippen MR) is 81.1 cm³/mol. The molecule has 1 aromatic carbocycles. The van der Waals surface area contributed by atoms with Crippen molar-refractivity contribution in [2.45, 2.75) is 31.6 Å². The fourth-order valence-electron chi connectivity index (χ4n) is 3.32. The van der Waals surface area contributed by atoms with Crippen LogP contribution in [-0.2, 0) is 0 Å². The minimum Gasteiger partial charge on any atom is -0.383 e. The molecule has 1 aliphatic carbocycles. The summed E-state index contributed by atoms with van der Waals surface area (Å²) in [4.78, 5) is 8.28. The molecule has 0 spiro atoms. The van der Waals surface area contributed by atoms with Gasteiger partial charge in [-0.15, -0.1) is 0 Å². The van der Waals surface area contributed by atoms with Gasteiger partial charge in [0.1, 0.15) is 5.82 Å². The van der Waals surface area contributed by atoms with Crippen LogP contribution in [0, 0.1) is 5.92 Å². The van der Waals surface area contributed by atoms with Crippen LogP contribution in [0.2, 0.25) is 0 Å². The summed E-state index contributed by atoms with van der Waals surface area (Å²) in [5.41, 5.74) is 14.0. The number of nitrogen functional groups attached to an aromatic ring is 2. The molecule has 1 atom stereocenters. The van der Waals surface area contributed by atoms with E-state index in [0.29, 0.717) is 11.7 Å². The van der Waals surface area contributed by atoms with Crippen LogP contribution in [0.15, 0.2) is 36.5 Å². The number of nitrogens with two attached hydrogens (primary N) is 2. The largest absolute Gasteiger partial charge is 0.383 e. The van der Waals surface area contributed by atoms with Crippen molar-refractivity contribution in [1.29, 1.82) is 0 Å². The maximum Gasteiger partial charge on any atom is 0.221 e. The average Bonchev–Trinajstić information content (AvgIpc) is 2.97. The number of hydrogen-bond donors (Lipinski definition) is 2. The Morgan fingerprint density at radius 2 is 1.75 bits per heavy atom. The Bertz CT molecular complexity index is 576. The van der Waals surface area contributed by atoms with E-state index in [9.17, 15) is 0 Å². The Morgan fingerprint density at radius 1 is 1.05 bits per heavy atom. The Hall–Kier alpha value is -2.10. The van der Waals surface area contributed by atoms with Crippen molar-refractivity contribution in [2.24, 2.45) is 5.92 Å². The maximum atomic E-state index is 6.10. The zero-order valence-corrected chi connectivity index (χ0v) is 11.5. The van der Waals surface area contributed by atoms with Crippen LogP contribution in [0.4, 0.5) is 11.8 Å². The van der Waals surface area contributed by atoms with Crippen LogP contribution in [0.25, 0.3) is 0 Å². The van der Waals surface area contributed by atoms with Crippen molar-refractivity contribution < 1.29 is 0 Å². The van der Waals surface area contributed by atoms with E-state index in [-0.39, 0.29) is 11.9 Å². The Morgan fingerprint density at radius 3 is 2.40 bits per heavy atom. The van der Waals surface area contributed by atoms with Crippen molar-refractivity contribution in [2.75, 3.05) is 11.5 Å². The van der Waals surface area contributed by atoms with Gasteiger partial charge in [0, 0.05) is 17.7 Å². The third-order valence-corrected chi connectivity index (χ3v) is 4.23. The molecule has 1 heterocycles. The summed E-state index contributed by atoms with van der Waals surface area (Å²) in [5, 5.41) is 0. The van der Waals surface area contributed by atoms with Gasteiger partial charge in [-0.2, -0.15) is 4.98 Å². The summed E-state index contributed by atoms with van der Waals surface area (Å²) in [5.74, 6) is 1.65. The monoisotopic (exact) mass is 268 g/mol. The van der Waals surface area contributed by atoms with Crippen LogP contribution in [-0.4, -0.2) is 9.97 Å². The molecule has 4 heteroatoms. The molecule has 4 N–H and O–H groups in total. The molecule has 104 valence electrons. The second kappa shape index (κ2) is 5.49. The van der Waals surface area contributed by atoms with Crippen LogP contribution in [0.3, 0.4) is 0 Å². The third kappa shape index (κ3) is 2.46. The normalized spacial score (nSPS) is 17.2. The minimum absolute atomic E-state index is 0.240. The molecule has 4 nitrogen and oxygen atoms in total. The molecule has 3 rings (SSSR count). The number of rotatable bonds is 3. The van der Waals surface area contributed by atoms with Gasteiger partial charge in [-0.25, -0.2) is 4.98 Å². The van der Waals surface area contributed by atoms with Crippen LogP contribution in [0.5, 0.6) is 0 Å². The molecule has 0 bridgehead atoms. The Kier molecular flexibility index (Phi) is 3.54. The minimum atomic E-state index is 0.240. The molecular formula is C16H20N4. The molecule has 1 saturated carbocycles. The van der Waals surface area contributed by atoms with E-state index in [1.165, 1.54) is 31.2 Å². The van der Waals surface area contributed by atoms with E-state index < -0.39 is 0 Å². The number of benzene rings is 1. The molecule has 1 aliphatic rings. The van der Waals surface area contributed by atoms with Crippen molar-refractivity contribution >= 4 is 11.8 Å². The highest BCUT2D eigenvalue weighted by Gasteiger charge is 2.29. The first-order chi connectivity index (χ1) is 9.75. The summed E-state index contributed by atoms with van der Waals surface area (Å²) in [6.07, 6.45) is 6.87. The smallest absolute Gasteiger partial charge is 0.221 e. The molecule has 1 unspecified atom stereocenters. The first kappa shape index (κ1) is 12.9. The van der Waals surface area contributed by atoms with E-state index in [0.717, 1.165) is 5.56 Å². The highest BCUT2D eigenvalue weighted by atomic mass is 15.0. The van der Waals surface area contributed by atoms with E-state index in [1.807, 2.05) is 6.07 Å². The summed E-state index contributed by atoms with van der Waals surface area (Å²) in [7, 11) is 0. The fraction of sp³-hybridized carbons (Fsp3) is 0.375. The van der Waals surface area contributed by atoms with Crippen LogP contribution in [0.1, 0.15) is 42.7 Å². The number of anilines is 2. The first-order valence-corrected chi connectivity index (χ1v) is 7.18.